The first-order valence-corrected chi connectivity index (χ1v) is 16.9. The number of carbonyl (C=O) groups is 2. The van der Waals surface area contributed by atoms with Crippen LogP contribution >= 0.6 is 11.8 Å². The van der Waals surface area contributed by atoms with Gasteiger partial charge in [0.25, 0.3) is 5.91 Å². The van der Waals surface area contributed by atoms with Crippen LogP contribution in [0.15, 0.2) is 42.5 Å². The van der Waals surface area contributed by atoms with Crippen molar-refractivity contribution in [2.24, 2.45) is 11.3 Å². The summed E-state index contributed by atoms with van der Waals surface area (Å²) in [6.07, 6.45) is 10.8. The van der Waals surface area contributed by atoms with E-state index >= 15 is 0 Å². The number of nitrogens with one attached hydrogen (secondary N) is 1. The van der Waals surface area contributed by atoms with E-state index in [4.69, 9.17) is 9.47 Å². The molecule has 1 fully saturated rings. The van der Waals surface area contributed by atoms with Gasteiger partial charge < -0.3 is 19.9 Å². The molecule has 2 unspecified atom stereocenters. The van der Waals surface area contributed by atoms with Gasteiger partial charge in [0.05, 0.1) is 19.3 Å². The highest BCUT2D eigenvalue weighted by molar-refractivity contribution is 7.98. The maximum absolute atomic E-state index is 13.4. The summed E-state index contributed by atoms with van der Waals surface area (Å²) < 4.78 is 12.6. The van der Waals surface area contributed by atoms with E-state index in [1.54, 1.807) is 17.8 Å². The number of ether oxygens (including phenoxy) is 2. The van der Waals surface area contributed by atoms with Gasteiger partial charge in [0.1, 0.15) is 6.04 Å². The van der Waals surface area contributed by atoms with Crippen molar-refractivity contribution < 1.29 is 24.2 Å². The van der Waals surface area contributed by atoms with E-state index in [1.807, 2.05) is 49.6 Å². The monoisotopic (exact) mass is 597 g/mol. The van der Waals surface area contributed by atoms with Crippen LogP contribution in [0, 0.1) is 18.3 Å². The molecule has 1 saturated carbocycles. The lowest BCUT2D eigenvalue weighted by Gasteiger charge is -2.27. The van der Waals surface area contributed by atoms with Crippen LogP contribution in [-0.4, -0.2) is 54.4 Å². The van der Waals surface area contributed by atoms with Gasteiger partial charge in [-0.15, -0.1) is 0 Å². The van der Waals surface area contributed by atoms with E-state index in [-0.39, 0.29) is 17.4 Å². The topological polar surface area (TPSA) is 84.9 Å². The number of carboxylic acid groups (broad SMARTS) is 1. The average molecular weight is 598 g/mol. The fourth-order valence-electron chi connectivity index (χ4n) is 5.49. The van der Waals surface area contributed by atoms with Gasteiger partial charge in [-0.3, -0.25) is 4.79 Å². The molecule has 0 aromatic heterocycles. The molecule has 6 nitrogen and oxygen atoms in total. The number of aliphatic carboxylic acids is 1. The zero-order chi connectivity index (χ0) is 30.5. The number of carbonyl (C=O) groups excluding carboxylic acids is 1. The van der Waals surface area contributed by atoms with Crippen LogP contribution in [0.25, 0.3) is 11.1 Å². The van der Waals surface area contributed by atoms with Gasteiger partial charge in [0.2, 0.25) is 0 Å². The van der Waals surface area contributed by atoms with Crippen LogP contribution in [0.5, 0.6) is 0 Å². The maximum atomic E-state index is 13.4. The number of aryl methyl sites for hydroxylation is 1. The van der Waals surface area contributed by atoms with Crippen LogP contribution in [0.3, 0.4) is 0 Å². The number of carboxylic acids is 1. The Morgan fingerprint density at radius 3 is 2.48 bits per heavy atom. The van der Waals surface area contributed by atoms with Crippen molar-refractivity contribution in [2.45, 2.75) is 97.8 Å². The fourth-order valence-corrected chi connectivity index (χ4v) is 5.96. The number of hydrogen-bond acceptors (Lipinski definition) is 5. The standard InChI is InChI=1S/C35H51NO5S/c1-25-11-9-10-14-29(25)31-22-27(15-16-30(31)33(37)36-32(34(38)39)17-20-42-5)23-41-28(21-26-12-7-6-8-13-26)24-40-19-18-35(2,3)4/h9-11,14-16,22,26,28,32H,6-8,12-13,17-21,23-24H2,1-5H3,(H,36,37)(H,38,39). The third-order valence-corrected chi connectivity index (χ3v) is 8.73. The molecular formula is C35H51NO5S. The highest BCUT2D eigenvalue weighted by atomic mass is 32.2. The summed E-state index contributed by atoms with van der Waals surface area (Å²) in [4.78, 5) is 25.2. The normalized spacial score (nSPS) is 15.7. The van der Waals surface area contributed by atoms with Crippen LogP contribution in [0.2, 0.25) is 0 Å². The van der Waals surface area contributed by atoms with Gasteiger partial charge in [-0.1, -0.05) is 83.2 Å². The molecule has 0 heterocycles. The van der Waals surface area contributed by atoms with E-state index in [0.29, 0.717) is 36.9 Å². The Labute approximate surface area is 257 Å². The minimum Gasteiger partial charge on any atom is -0.480 e. The van der Waals surface area contributed by atoms with Crippen molar-refractivity contribution in [1.82, 2.24) is 5.32 Å². The van der Waals surface area contributed by atoms with Crippen LogP contribution in [0.1, 0.15) is 93.6 Å². The first kappa shape index (κ1) is 34.1. The Morgan fingerprint density at radius 1 is 1.07 bits per heavy atom. The number of benzene rings is 2. The number of hydrogen-bond donors (Lipinski definition) is 2. The predicted octanol–water partition coefficient (Wildman–Crippen LogP) is 7.91. The molecule has 0 aliphatic heterocycles. The molecule has 7 heteroatoms. The Hall–Kier alpha value is -2.35. The van der Waals surface area contributed by atoms with Crippen molar-refractivity contribution in [3.8, 4) is 11.1 Å². The lowest BCUT2D eigenvalue weighted by atomic mass is 9.85. The highest BCUT2D eigenvalue weighted by Gasteiger charge is 2.24. The van der Waals surface area contributed by atoms with Crippen molar-refractivity contribution in [2.75, 3.05) is 25.2 Å². The molecule has 0 spiro atoms. The summed E-state index contributed by atoms with van der Waals surface area (Å²) in [5.41, 5.74) is 4.46. The molecule has 1 aliphatic rings. The molecule has 42 heavy (non-hydrogen) atoms. The Balaban J connectivity index is 1.79. The van der Waals surface area contributed by atoms with E-state index in [9.17, 15) is 14.7 Å². The second-order valence-electron chi connectivity index (χ2n) is 12.9. The van der Waals surface area contributed by atoms with Crippen LogP contribution in [-0.2, 0) is 20.9 Å². The summed E-state index contributed by atoms with van der Waals surface area (Å²) in [7, 11) is 0. The highest BCUT2D eigenvalue weighted by Crippen LogP contribution is 2.31. The molecule has 0 radical (unpaired) electrons. The molecule has 2 aromatic carbocycles. The molecule has 0 saturated heterocycles. The number of rotatable bonds is 16. The minimum absolute atomic E-state index is 0.0192. The lowest BCUT2D eigenvalue weighted by molar-refractivity contribution is -0.139. The van der Waals surface area contributed by atoms with E-state index in [0.717, 1.165) is 41.7 Å². The number of amides is 1. The fraction of sp³-hybridized carbons (Fsp3) is 0.600. The second kappa shape index (κ2) is 17.1. The zero-order valence-electron chi connectivity index (χ0n) is 26.2. The summed E-state index contributed by atoms with van der Waals surface area (Å²) in [5.74, 6) is -0.0674. The zero-order valence-corrected chi connectivity index (χ0v) is 27.1. The van der Waals surface area contributed by atoms with Crippen molar-refractivity contribution >= 4 is 23.6 Å². The first-order chi connectivity index (χ1) is 20.1. The summed E-state index contributed by atoms with van der Waals surface area (Å²) in [5, 5.41) is 12.4. The van der Waals surface area contributed by atoms with Gasteiger partial charge in [0, 0.05) is 12.2 Å². The largest absolute Gasteiger partial charge is 0.480 e. The maximum Gasteiger partial charge on any atom is 0.326 e. The van der Waals surface area contributed by atoms with E-state index in [1.165, 1.54) is 32.1 Å². The minimum atomic E-state index is -1.02. The van der Waals surface area contributed by atoms with E-state index in [2.05, 4.69) is 26.1 Å². The molecule has 2 N–H and O–H groups in total. The molecule has 3 rings (SSSR count). The molecular weight excluding hydrogens is 546 g/mol. The number of thioether (sulfide) groups is 1. The van der Waals surface area contributed by atoms with Crippen molar-refractivity contribution in [3.63, 3.8) is 0 Å². The van der Waals surface area contributed by atoms with Crippen LogP contribution < -0.4 is 5.32 Å². The molecule has 232 valence electrons. The smallest absolute Gasteiger partial charge is 0.326 e. The first-order valence-electron chi connectivity index (χ1n) is 15.5. The summed E-state index contributed by atoms with van der Waals surface area (Å²) in [6.45, 7) is 10.4. The molecule has 1 aliphatic carbocycles. The molecule has 2 aromatic rings. The Bertz CT molecular complexity index is 1140. The SMILES string of the molecule is CSCCC(NC(=O)c1ccc(COC(COCCC(C)(C)C)CC2CCCCC2)cc1-c1ccccc1C)C(=O)O. The third-order valence-electron chi connectivity index (χ3n) is 8.08. The van der Waals surface area contributed by atoms with Gasteiger partial charge in [-0.25, -0.2) is 4.79 Å². The average Bonchev–Trinajstić information content (AvgIpc) is 2.96. The Morgan fingerprint density at radius 2 is 1.81 bits per heavy atom. The van der Waals surface area contributed by atoms with Gasteiger partial charge >= 0.3 is 5.97 Å². The van der Waals surface area contributed by atoms with E-state index < -0.39 is 12.0 Å². The summed E-state index contributed by atoms with van der Waals surface area (Å²) in [6, 6.07) is 12.8. The predicted molar refractivity (Wildman–Crippen MR) is 173 cm³/mol. The van der Waals surface area contributed by atoms with Gasteiger partial charge in [0.15, 0.2) is 0 Å². The van der Waals surface area contributed by atoms with Gasteiger partial charge in [-0.05, 0) is 83.9 Å². The molecule has 0 bridgehead atoms. The van der Waals surface area contributed by atoms with Crippen molar-refractivity contribution in [1.29, 1.82) is 0 Å². The molecule has 1 amide bonds. The van der Waals surface area contributed by atoms with Gasteiger partial charge in [-0.2, -0.15) is 11.8 Å². The quantitative estimate of drug-likeness (QED) is 0.191. The third kappa shape index (κ3) is 11.4. The lowest BCUT2D eigenvalue weighted by Crippen LogP contribution is -2.41. The molecule has 2 atom stereocenters. The van der Waals surface area contributed by atoms with Crippen molar-refractivity contribution in [3.05, 3.63) is 59.2 Å². The Kier molecular flexibility index (Phi) is 13.9. The second-order valence-corrected chi connectivity index (χ2v) is 13.9. The van der Waals surface area contributed by atoms with Crippen LogP contribution in [0.4, 0.5) is 0 Å². The summed E-state index contributed by atoms with van der Waals surface area (Å²) >= 11 is 1.56.